The van der Waals surface area contributed by atoms with Gasteiger partial charge in [-0.1, -0.05) is 24.4 Å². The topological polar surface area (TPSA) is 24.1 Å². The molecule has 0 aromatic heterocycles. The van der Waals surface area contributed by atoms with Crippen LogP contribution in [0.3, 0.4) is 0 Å². The number of alkyl halides is 2. The van der Waals surface area contributed by atoms with Crippen LogP contribution in [0.25, 0.3) is 0 Å². The highest BCUT2D eigenvalue weighted by Crippen LogP contribution is 2.31. The summed E-state index contributed by atoms with van der Waals surface area (Å²) in [4.78, 5) is 0. The van der Waals surface area contributed by atoms with Gasteiger partial charge in [-0.25, -0.2) is 0 Å². The lowest BCUT2D eigenvalue weighted by Gasteiger charge is -2.42. The van der Waals surface area contributed by atoms with Crippen LogP contribution in [0.1, 0.15) is 25.7 Å². The van der Waals surface area contributed by atoms with E-state index in [-0.39, 0.29) is 11.1 Å². The van der Waals surface area contributed by atoms with Crippen molar-refractivity contribution >= 4 is 23.2 Å². The molecule has 4 atom stereocenters. The zero-order valence-corrected chi connectivity index (χ0v) is 8.41. The molecule has 1 aliphatic carbocycles. The maximum absolute atomic E-state index is 6.15. The fraction of sp³-hybridized carbons (Fsp3) is 1.00. The van der Waals surface area contributed by atoms with E-state index in [1.54, 1.807) is 0 Å². The molecule has 2 aliphatic rings. The summed E-state index contributed by atoms with van der Waals surface area (Å²) < 4.78 is 0. The summed E-state index contributed by atoms with van der Waals surface area (Å²) in [6.07, 6.45) is 5.06. The quantitative estimate of drug-likeness (QED) is 0.469. The summed E-state index contributed by atoms with van der Waals surface area (Å²) in [7, 11) is 0. The SMILES string of the molecule is ClC1NC(Cl)C2CCCCC2N1. The van der Waals surface area contributed by atoms with Crippen molar-refractivity contribution in [1.82, 2.24) is 10.6 Å². The Morgan fingerprint density at radius 2 is 1.75 bits per heavy atom. The minimum absolute atomic E-state index is 0.0547. The largest absolute Gasteiger partial charge is 0.286 e. The first kappa shape index (κ1) is 9.07. The molecule has 2 N–H and O–H groups in total. The van der Waals surface area contributed by atoms with Gasteiger partial charge in [0, 0.05) is 12.0 Å². The van der Waals surface area contributed by atoms with Gasteiger partial charge in [0.25, 0.3) is 0 Å². The fourth-order valence-electron chi connectivity index (χ4n) is 2.22. The van der Waals surface area contributed by atoms with Crippen LogP contribution in [0.5, 0.6) is 0 Å². The van der Waals surface area contributed by atoms with Gasteiger partial charge in [-0.15, -0.1) is 11.6 Å². The van der Waals surface area contributed by atoms with Crippen LogP contribution in [0.15, 0.2) is 0 Å². The Hall–Kier alpha value is 0.500. The number of hydrogen-bond donors (Lipinski definition) is 2. The first-order chi connectivity index (χ1) is 5.77. The number of nitrogens with one attached hydrogen (secondary N) is 2. The summed E-state index contributed by atoms with van der Waals surface area (Å²) >= 11 is 12.1. The Balaban J connectivity index is 2.01. The number of rotatable bonds is 0. The van der Waals surface area contributed by atoms with E-state index >= 15 is 0 Å². The number of halogens is 2. The molecule has 0 spiro atoms. The standard InChI is InChI=1S/C8H14Cl2N2/c9-7-5-3-1-2-4-6(5)11-8(10)12-7/h5-8,11-12H,1-4H2. The molecule has 0 aromatic rings. The molecule has 2 rings (SSSR count). The Kier molecular flexibility index (Phi) is 2.80. The molecule has 0 amide bonds. The average Bonchev–Trinajstić information content (AvgIpc) is 2.04. The zero-order valence-electron chi connectivity index (χ0n) is 6.89. The smallest absolute Gasteiger partial charge is 0.136 e. The molecule has 4 heteroatoms. The van der Waals surface area contributed by atoms with Crippen LogP contribution < -0.4 is 10.6 Å². The van der Waals surface area contributed by atoms with E-state index in [1.165, 1.54) is 25.7 Å². The fourth-order valence-corrected chi connectivity index (χ4v) is 3.01. The van der Waals surface area contributed by atoms with E-state index in [0.717, 1.165) is 0 Å². The Morgan fingerprint density at radius 1 is 1.00 bits per heavy atom. The lowest BCUT2D eigenvalue weighted by molar-refractivity contribution is 0.182. The van der Waals surface area contributed by atoms with Gasteiger partial charge in [0.15, 0.2) is 0 Å². The van der Waals surface area contributed by atoms with Crippen molar-refractivity contribution in [2.75, 3.05) is 0 Å². The van der Waals surface area contributed by atoms with Crippen molar-refractivity contribution in [3.8, 4) is 0 Å². The highest BCUT2D eigenvalue weighted by molar-refractivity contribution is 6.23. The third-order valence-electron chi connectivity index (χ3n) is 2.86. The number of hydrogen-bond acceptors (Lipinski definition) is 2. The van der Waals surface area contributed by atoms with Gasteiger partial charge in [0.1, 0.15) is 5.62 Å². The predicted molar refractivity (Wildman–Crippen MR) is 51.3 cm³/mol. The lowest BCUT2D eigenvalue weighted by Crippen LogP contribution is -2.60. The summed E-state index contributed by atoms with van der Waals surface area (Å²) in [5.74, 6) is 0.565. The second-order valence-corrected chi connectivity index (χ2v) is 4.56. The molecule has 4 unspecified atom stereocenters. The van der Waals surface area contributed by atoms with Gasteiger partial charge in [-0.2, -0.15) is 0 Å². The molecule has 1 aliphatic heterocycles. The monoisotopic (exact) mass is 208 g/mol. The van der Waals surface area contributed by atoms with Gasteiger partial charge in [0.2, 0.25) is 0 Å². The first-order valence-electron chi connectivity index (χ1n) is 4.57. The van der Waals surface area contributed by atoms with Crippen LogP contribution >= 0.6 is 23.2 Å². The van der Waals surface area contributed by atoms with Crippen LogP contribution in [0.4, 0.5) is 0 Å². The van der Waals surface area contributed by atoms with Gasteiger partial charge in [0.05, 0.1) is 5.50 Å². The Morgan fingerprint density at radius 3 is 2.58 bits per heavy atom. The molecule has 0 aromatic carbocycles. The van der Waals surface area contributed by atoms with Crippen LogP contribution in [-0.4, -0.2) is 17.2 Å². The molecule has 70 valence electrons. The lowest BCUT2D eigenvalue weighted by atomic mass is 9.83. The van der Waals surface area contributed by atoms with E-state index in [4.69, 9.17) is 23.2 Å². The van der Waals surface area contributed by atoms with Crippen LogP contribution in [0.2, 0.25) is 0 Å². The first-order valence-corrected chi connectivity index (χ1v) is 5.45. The van der Waals surface area contributed by atoms with Gasteiger partial charge < -0.3 is 0 Å². The maximum atomic E-state index is 6.15. The maximum Gasteiger partial charge on any atom is 0.136 e. The third-order valence-corrected chi connectivity index (χ3v) is 3.56. The second-order valence-electron chi connectivity index (χ2n) is 3.65. The van der Waals surface area contributed by atoms with Crippen molar-refractivity contribution in [1.29, 1.82) is 0 Å². The summed E-state index contributed by atoms with van der Waals surface area (Å²) in [6.45, 7) is 0. The summed E-state index contributed by atoms with van der Waals surface area (Å²) in [5, 5.41) is 6.42. The number of fused-ring (bicyclic) bond motifs is 1. The molecule has 2 nitrogen and oxygen atoms in total. The highest BCUT2D eigenvalue weighted by atomic mass is 35.5. The second kappa shape index (κ2) is 3.70. The molecule has 1 heterocycles. The minimum Gasteiger partial charge on any atom is -0.286 e. The van der Waals surface area contributed by atoms with Gasteiger partial charge >= 0.3 is 0 Å². The van der Waals surface area contributed by atoms with Crippen molar-refractivity contribution in [2.24, 2.45) is 5.92 Å². The van der Waals surface area contributed by atoms with Crippen molar-refractivity contribution in [3.05, 3.63) is 0 Å². The molecule has 1 saturated heterocycles. The third kappa shape index (κ3) is 1.72. The average molecular weight is 209 g/mol. The molecular formula is C8H14Cl2N2. The van der Waals surface area contributed by atoms with Crippen molar-refractivity contribution in [2.45, 2.75) is 42.9 Å². The molecule has 1 saturated carbocycles. The highest BCUT2D eigenvalue weighted by Gasteiger charge is 2.36. The van der Waals surface area contributed by atoms with Crippen LogP contribution in [-0.2, 0) is 0 Å². The van der Waals surface area contributed by atoms with E-state index in [9.17, 15) is 0 Å². The molecule has 12 heavy (non-hydrogen) atoms. The molecular weight excluding hydrogens is 195 g/mol. The Labute approximate surface area is 83.0 Å². The van der Waals surface area contributed by atoms with Crippen molar-refractivity contribution in [3.63, 3.8) is 0 Å². The van der Waals surface area contributed by atoms with E-state index < -0.39 is 0 Å². The zero-order chi connectivity index (χ0) is 8.55. The van der Waals surface area contributed by atoms with Gasteiger partial charge in [-0.05, 0) is 12.8 Å². The van der Waals surface area contributed by atoms with Crippen molar-refractivity contribution < 1.29 is 0 Å². The summed E-state index contributed by atoms with van der Waals surface area (Å²) in [6, 6.07) is 0.532. The molecule has 0 bridgehead atoms. The van der Waals surface area contributed by atoms with E-state index in [1.807, 2.05) is 0 Å². The Bertz CT molecular complexity index is 165. The molecule has 0 radical (unpaired) electrons. The molecule has 2 fully saturated rings. The summed E-state index contributed by atoms with van der Waals surface area (Å²) in [5.41, 5.74) is -0.0918. The van der Waals surface area contributed by atoms with Gasteiger partial charge in [-0.3, -0.25) is 10.6 Å². The minimum atomic E-state index is -0.146. The normalized spacial score (nSPS) is 48.5. The predicted octanol–water partition coefficient (Wildman–Crippen LogP) is 1.83. The van der Waals surface area contributed by atoms with Crippen LogP contribution in [0, 0.1) is 5.92 Å². The van der Waals surface area contributed by atoms with E-state index in [0.29, 0.717) is 12.0 Å². The van der Waals surface area contributed by atoms with E-state index in [2.05, 4.69) is 10.6 Å².